The Kier molecular flexibility index (Phi) is 4.40. The summed E-state index contributed by atoms with van der Waals surface area (Å²) >= 11 is 0. The minimum Gasteiger partial charge on any atom is -0.478 e. The van der Waals surface area contributed by atoms with Gasteiger partial charge in [0.05, 0.1) is 11.1 Å². The second-order valence-electron chi connectivity index (χ2n) is 8.22. The van der Waals surface area contributed by atoms with Crippen LogP contribution in [-0.2, 0) is 13.1 Å². The quantitative estimate of drug-likeness (QED) is 0.565. The van der Waals surface area contributed by atoms with Crippen LogP contribution in [0.15, 0.2) is 60.4 Å². The van der Waals surface area contributed by atoms with E-state index in [1.54, 1.807) is 12.1 Å². The maximum absolute atomic E-state index is 13.0. The Balaban J connectivity index is 1.27. The van der Waals surface area contributed by atoms with Gasteiger partial charge in [-0.05, 0) is 48.4 Å². The summed E-state index contributed by atoms with van der Waals surface area (Å²) in [5, 5.41) is 0. The zero-order valence-electron chi connectivity index (χ0n) is 17.6. The van der Waals surface area contributed by atoms with Crippen LogP contribution in [0.3, 0.4) is 0 Å². The number of Topliss-reactive ketones (excluding diaryl/α,β-unsaturated/α-hetero) is 1. The highest BCUT2D eigenvalue weighted by Crippen LogP contribution is 2.42. The summed E-state index contributed by atoms with van der Waals surface area (Å²) in [7, 11) is 0. The lowest BCUT2D eigenvalue weighted by Crippen LogP contribution is -2.31. The number of carbonyl (C=O) groups excluding carboxylic acids is 1. The molecule has 0 bridgehead atoms. The molecule has 0 spiro atoms. The van der Waals surface area contributed by atoms with Crippen LogP contribution < -0.4 is 18.9 Å². The number of hydrogen-bond donors (Lipinski definition) is 0. The molecule has 0 aromatic heterocycles. The molecule has 3 aromatic carbocycles. The summed E-state index contributed by atoms with van der Waals surface area (Å²) in [4.78, 5) is 15.2. The number of ether oxygens (including phenoxy) is 4. The summed E-state index contributed by atoms with van der Waals surface area (Å²) in [5.41, 5.74) is 4.74. The molecule has 32 heavy (non-hydrogen) atoms. The van der Waals surface area contributed by atoms with Crippen molar-refractivity contribution in [1.82, 2.24) is 4.90 Å². The van der Waals surface area contributed by atoms with Crippen molar-refractivity contribution in [3.05, 3.63) is 88.2 Å². The number of rotatable bonds is 3. The van der Waals surface area contributed by atoms with Crippen molar-refractivity contribution in [3.63, 3.8) is 0 Å². The summed E-state index contributed by atoms with van der Waals surface area (Å²) in [6.07, 6.45) is 1.74. The van der Waals surface area contributed by atoms with Gasteiger partial charge < -0.3 is 18.9 Å². The number of allylic oxidation sites excluding steroid dienone is 1. The predicted molar refractivity (Wildman–Crippen MR) is 118 cm³/mol. The Morgan fingerprint density at radius 3 is 2.62 bits per heavy atom. The minimum atomic E-state index is -0.129. The first kappa shape index (κ1) is 19.0. The highest BCUT2D eigenvalue weighted by atomic mass is 16.7. The molecule has 160 valence electrons. The number of benzene rings is 3. The molecule has 0 saturated heterocycles. The van der Waals surface area contributed by atoms with Gasteiger partial charge >= 0.3 is 0 Å². The van der Waals surface area contributed by atoms with Gasteiger partial charge in [0, 0.05) is 13.1 Å². The molecular weight excluding hydrogens is 406 g/mol. The van der Waals surface area contributed by atoms with E-state index in [-0.39, 0.29) is 12.6 Å². The lowest BCUT2D eigenvalue weighted by Gasteiger charge is -2.29. The van der Waals surface area contributed by atoms with Crippen molar-refractivity contribution in [2.75, 3.05) is 13.5 Å². The van der Waals surface area contributed by atoms with E-state index in [1.807, 2.05) is 24.3 Å². The Morgan fingerprint density at radius 1 is 0.938 bits per heavy atom. The van der Waals surface area contributed by atoms with Gasteiger partial charge in [-0.3, -0.25) is 9.69 Å². The minimum absolute atomic E-state index is 0.129. The molecule has 3 aliphatic heterocycles. The summed E-state index contributed by atoms with van der Waals surface area (Å²) in [6, 6.07) is 17.7. The van der Waals surface area contributed by atoms with Gasteiger partial charge in [0.25, 0.3) is 0 Å². The van der Waals surface area contributed by atoms with E-state index >= 15 is 0 Å². The number of fused-ring (bicyclic) bond motifs is 4. The second kappa shape index (κ2) is 7.43. The van der Waals surface area contributed by atoms with E-state index in [0.717, 1.165) is 23.4 Å². The standard InChI is InChI=1S/C26H21NO5/c1-16-2-4-17(5-3-16)12-27-13-20-21(29-14-27)9-7-19-25(28)24(32-26(19)20)11-18-6-8-22-23(10-18)31-15-30-22/h2-11H,12-15H2,1H3/b24-11-. The summed E-state index contributed by atoms with van der Waals surface area (Å²) < 4.78 is 22.9. The molecule has 3 aromatic rings. The van der Waals surface area contributed by atoms with Crippen LogP contribution in [0.4, 0.5) is 0 Å². The molecule has 6 heteroatoms. The largest absolute Gasteiger partial charge is 0.478 e. The Hall–Kier alpha value is -3.77. The van der Waals surface area contributed by atoms with Crippen LogP contribution in [-0.4, -0.2) is 24.2 Å². The van der Waals surface area contributed by atoms with Crippen LogP contribution in [0.25, 0.3) is 6.08 Å². The number of ketones is 1. The van der Waals surface area contributed by atoms with Crippen molar-refractivity contribution in [1.29, 1.82) is 0 Å². The third-order valence-electron chi connectivity index (χ3n) is 5.90. The van der Waals surface area contributed by atoms with Crippen LogP contribution in [0.5, 0.6) is 23.0 Å². The normalized spacial score (nSPS) is 17.7. The van der Waals surface area contributed by atoms with Gasteiger partial charge in [-0.1, -0.05) is 35.9 Å². The molecule has 0 N–H and O–H groups in total. The van der Waals surface area contributed by atoms with Gasteiger partial charge in [0.1, 0.15) is 18.2 Å². The molecule has 3 heterocycles. The fraction of sp³-hybridized carbons (Fsp3) is 0.192. The molecule has 0 saturated carbocycles. The van der Waals surface area contributed by atoms with Gasteiger partial charge in [-0.2, -0.15) is 0 Å². The van der Waals surface area contributed by atoms with Crippen LogP contribution in [0.1, 0.15) is 32.6 Å². The maximum atomic E-state index is 13.0. The molecule has 6 nitrogen and oxygen atoms in total. The van der Waals surface area contributed by atoms with Crippen LogP contribution in [0, 0.1) is 6.92 Å². The third kappa shape index (κ3) is 3.29. The van der Waals surface area contributed by atoms with E-state index in [2.05, 4.69) is 36.1 Å². The van der Waals surface area contributed by atoms with Gasteiger partial charge in [0.2, 0.25) is 12.6 Å². The van der Waals surface area contributed by atoms with Crippen LogP contribution in [0.2, 0.25) is 0 Å². The highest BCUT2D eigenvalue weighted by molar-refractivity contribution is 6.15. The molecule has 3 aliphatic rings. The maximum Gasteiger partial charge on any atom is 0.231 e. The number of aryl methyl sites for hydroxylation is 1. The third-order valence-corrected chi connectivity index (χ3v) is 5.90. The average Bonchev–Trinajstić information content (AvgIpc) is 3.40. The summed E-state index contributed by atoms with van der Waals surface area (Å²) in [5.74, 6) is 2.89. The molecule has 0 atom stereocenters. The van der Waals surface area contributed by atoms with E-state index in [9.17, 15) is 4.79 Å². The van der Waals surface area contributed by atoms with Crippen molar-refractivity contribution in [2.45, 2.75) is 20.0 Å². The average molecular weight is 427 g/mol. The fourth-order valence-electron chi connectivity index (χ4n) is 4.21. The lowest BCUT2D eigenvalue weighted by atomic mass is 10.0. The first-order valence-corrected chi connectivity index (χ1v) is 10.5. The van der Waals surface area contributed by atoms with Crippen LogP contribution >= 0.6 is 0 Å². The summed E-state index contributed by atoms with van der Waals surface area (Å²) in [6.45, 7) is 4.19. The van der Waals surface area contributed by atoms with Gasteiger partial charge in [-0.25, -0.2) is 0 Å². The lowest BCUT2D eigenvalue weighted by molar-refractivity contribution is 0.0873. The molecular formula is C26H21NO5. The van der Waals surface area contributed by atoms with Crippen molar-refractivity contribution in [3.8, 4) is 23.0 Å². The predicted octanol–water partition coefficient (Wildman–Crippen LogP) is 4.69. The molecule has 0 radical (unpaired) electrons. The van der Waals surface area contributed by atoms with E-state index in [0.29, 0.717) is 41.8 Å². The highest BCUT2D eigenvalue weighted by Gasteiger charge is 2.33. The van der Waals surface area contributed by atoms with Gasteiger partial charge in [0.15, 0.2) is 17.3 Å². The molecule has 0 amide bonds. The van der Waals surface area contributed by atoms with E-state index in [1.165, 1.54) is 11.1 Å². The zero-order valence-corrected chi connectivity index (χ0v) is 17.6. The monoisotopic (exact) mass is 427 g/mol. The number of nitrogens with zero attached hydrogens (tertiary/aromatic N) is 1. The Morgan fingerprint density at radius 2 is 1.75 bits per heavy atom. The molecule has 0 fully saturated rings. The fourth-order valence-corrected chi connectivity index (χ4v) is 4.21. The number of carbonyl (C=O) groups is 1. The zero-order chi connectivity index (χ0) is 21.7. The van der Waals surface area contributed by atoms with Crippen molar-refractivity contribution < 1.29 is 23.7 Å². The Labute approximate surface area is 185 Å². The van der Waals surface area contributed by atoms with E-state index in [4.69, 9.17) is 18.9 Å². The smallest absolute Gasteiger partial charge is 0.231 e. The topological polar surface area (TPSA) is 57.2 Å². The first-order valence-electron chi connectivity index (χ1n) is 10.5. The molecule has 6 rings (SSSR count). The molecule has 0 aliphatic carbocycles. The Bertz CT molecular complexity index is 1260. The number of hydrogen-bond acceptors (Lipinski definition) is 6. The van der Waals surface area contributed by atoms with Crippen molar-refractivity contribution >= 4 is 11.9 Å². The van der Waals surface area contributed by atoms with E-state index < -0.39 is 0 Å². The molecule has 0 unspecified atom stereocenters. The second-order valence-corrected chi connectivity index (χ2v) is 8.22. The van der Waals surface area contributed by atoms with Gasteiger partial charge in [-0.15, -0.1) is 0 Å². The first-order chi connectivity index (χ1) is 15.6. The SMILES string of the molecule is Cc1ccc(CN2COc3ccc4c(c3C2)O/C(=C\c2ccc3c(c2)OCO3)C4=O)cc1. The van der Waals surface area contributed by atoms with Crippen molar-refractivity contribution in [2.24, 2.45) is 0 Å².